The Hall–Kier alpha value is -1.58. The molecule has 0 bridgehead atoms. The predicted octanol–water partition coefficient (Wildman–Crippen LogP) is 4.75. The van der Waals surface area contributed by atoms with Gasteiger partial charge in [-0.15, -0.1) is 0 Å². The van der Waals surface area contributed by atoms with Gasteiger partial charge in [-0.05, 0) is 49.9 Å². The maximum Gasteiger partial charge on any atom is 0.331 e. The molecule has 0 aromatic carbocycles. The fourth-order valence-electron chi connectivity index (χ4n) is 4.52. The van der Waals surface area contributed by atoms with Gasteiger partial charge < -0.3 is 9.84 Å². The highest BCUT2D eigenvalue weighted by Crippen LogP contribution is 2.55. The summed E-state index contributed by atoms with van der Waals surface area (Å²) in [5, 5.41) is 9.35. The van der Waals surface area contributed by atoms with Crippen LogP contribution in [0.25, 0.3) is 0 Å². The third-order valence-corrected chi connectivity index (χ3v) is 6.51. The first-order chi connectivity index (χ1) is 11.7. The molecule has 25 heavy (non-hydrogen) atoms. The normalized spacial score (nSPS) is 33.2. The van der Waals surface area contributed by atoms with Crippen LogP contribution in [0.4, 0.5) is 0 Å². The molecule has 0 aromatic heterocycles. The minimum absolute atomic E-state index is 0.143. The molecule has 2 fully saturated rings. The van der Waals surface area contributed by atoms with Crippen molar-refractivity contribution in [2.75, 3.05) is 0 Å². The number of hydrogen-bond donors (Lipinski definition) is 1. The average molecular weight is 348 g/mol. The van der Waals surface area contributed by atoms with Crippen molar-refractivity contribution in [3.8, 4) is 0 Å². The largest absolute Gasteiger partial charge is 0.478 e. The van der Waals surface area contributed by atoms with E-state index in [1.165, 1.54) is 5.57 Å². The summed E-state index contributed by atoms with van der Waals surface area (Å²) in [5.74, 6) is -0.799. The van der Waals surface area contributed by atoms with Gasteiger partial charge in [0.05, 0.1) is 0 Å². The van der Waals surface area contributed by atoms with Crippen molar-refractivity contribution < 1.29 is 19.4 Å². The van der Waals surface area contributed by atoms with Crippen LogP contribution in [0.15, 0.2) is 24.3 Å². The zero-order chi connectivity index (χ0) is 18.8. The summed E-state index contributed by atoms with van der Waals surface area (Å²) in [7, 11) is 0. The molecule has 4 nitrogen and oxygen atoms in total. The second kappa shape index (κ2) is 7.76. The summed E-state index contributed by atoms with van der Waals surface area (Å²) >= 11 is 0. The van der Waals surface area contributed by atoms with Crippen LogP contribution in [0, 0.1) is 23.2 Å². The van der Waals surface area contributed by atoms with Crippen LogP contribution in [-0.4, -0.2) is 23.1 Å². The molecule has 5 atom stereocenters. The van der Waals surface area contributed by atoms with Crippen molar-refractivity contribution in [1.82, 2.24) is 0 Å². The lowest BCUT2D eigenvalue weighted by atomic mass is 9.55. The van der Waals surface area contributed by atoms with Crippen molar-refractivity contribution in [3.63, 3.8) is 0 Å². The van der Waals surface area contributed by atoms with Crippen LogP contribution < -0.4 is 0 Å². The van der Waals surface area contributed by atoms with Gasteiger partial charge in [0.2, 0.25) is 0 Å². The van der Waals surface area contributed by atoms with E-state index >= 15 is 0 Å². The van der Waals surface area contributed by atoms with E-state index in [-0.39, 0.29) is 34.9 Å². The number of carbonyl (C=O) groups excluding carboxylic acids is 1. The number of aliphatic carboxylic acids is 1. The lowest BCUT2D eigenvalue weighted by Crippen LogP contribution is -2.50. The lowest BCUT2D eigenvalue weighted by Gasteiger charge is -2.52. The molecule has 0 unspecified atom stereocenters. The van der Waals surface area contributed by atoms with Crippen LogP contribution in [-0.2, 0) is 14.3 Å². The van der Waals surface area contributed by atoms with E-state index in [4.69, 9.17) is 4.74 Å². The fourth-order valence-corrected chi connectivity index (χ4v) is 4.52. The predicted molar refractivity (Wildman–Crippen MR) is 98.0 cm³/mol. The summed E-state index contributed by atoms with van der Waals surface area (Å²) in [5.41, 5.74) is 1.25. The molecule has 4 heteroatoms. The van der Waals surface area contributed by atoms with E-state index in [9.17, 15) is 14.7 Å². The van der Waals surface area contributed by atoms with Gasteiger partial charge in [-0.2, -0.15) is 0 Å². The average Bonchev–Trinajstić information content (AvgIpc) is 2.54. The Balaban J connectivity index is 2.23. The number of fused-ring (bicyclic) bond motifs is 1. The monoisotopic (exact) mass is 348 g/mol. The molecule has 1 N–H and O–H groups in total. The summed E-state index contributed by atoms with van der Waals surface area (Å²) in [4.78, 5) is 23.8. The molecule has 0 aromatic rings. The zero-order valence-electron chi connectivity index (χ0n) is 15.8. The van der Waals surface area contributed by atoms with E-state index in [0.717, 1.165) is 32.1 Å². The first-order valence-corrected chi connectivity index (χ1v) is 9.48. The van der Waals surface area contributed by atoms with E-state index in [1.807, 2.05) is 6.92 Å². The maximum absolute atomic E-state index is 12.4. The van der Waals surface area contributed by atoms with Crippen molar-refractivity contribution in [2.24, 2.45) is 23.2 Å². The van der Waals surface area contributed by atoms with Gasteiger partial charge in [0.25, 0.3) is 0 Å². The van der Waals surface area contributed by atoms with Crippen molar-refractivity contribution in [2.45, 2.75) is 71.8 Å². The van der Waals surface area contributed by atoms with Gasteiger partial charge >= 0.3 is 11.9 Å². The molecule has 2 aliphatic carbocycles. The van der Waals surface area contributed by atoms with Crippen LogP contribution >= 0.6 is 0 Å². The van der Waals surface area contributed by atoms with Gasteiger partial charge in [-0.3, -0.25) is 4.79 Å². The molecule has 0 spiro atoms. The smallest absolute Gasteiger partial charge is 0.331 e. The number of hydrogen-bond acceptors (Lipinski definition) is 3. The Kier molecular flexibility index (Phi) is 6.12. The van der Waals surface area contributed by atoms with Crippen LogP contribution in [0.1, 0.15) is 65.7 Å². The van der Waals surface area contributed by atoms with Crippen LogP contribution in [0.2, 0.25) is 0 Å². The molecular formula is C21H32O4. The zero-order valence-corrected chi connectivity index (χ0v) is 15.8. The first kappa shape index (κ1) is 19.7. The van der Waals surface area contributed by atoms with Crippen molar-refractivity contribution in [1.29, 1.82) is 0 Å². The number of carboxylic acids is 1. The number of ether oxygens (including phenoxy) is 1. The third kappa shape index (κ3) is 4.16. The van der Waals surface area contributed by atoms with E-state index < -0.39 is 5.97 Å². The summed E-state index contributed by atoms with van der Waals surface area (Å²) in [6.07, 6.45) is 5.41. The minimum atomic E-state index is -0.959. The van der Waals surface area contributed by atoms with Crippen LogP contribution in [0.3, 0.4) is 0 Å². The molecule has 2 saturated carbocycles. The molecule has 2 aliphatic rings. The third-order valence-electron chi connectivity index (χ3n) is 6.51. The molecular weight excluding hydrogens is 316 g/mol. The second-order valence-corrected chi connectivity index (χ2v) is 8.26. The summed E-state index contributed by atoms with van der Waals surface area (Å²) in [6, 6.07) is 0. The lowest BCUT2D eigenvalue weighted by molar-refractivity contribution is -0.166. The first-order valence-electron chi connectivity index (χ1n) is 9.48. The highest BCUT2D eigenvalue weighted by molar-refractivity contribution is 5.86. The number of carboxylic acid groups (broad SMARTS) is 1. The number of rotatable bonds is 6. The fraction of sp³-hybridized carbons (Fsp3) is 0.714. The Bertz CT molecular complexity index is 564. The van der Waals surface area contributed by atoms with Gasteiger partial charge in [0.1, 0.15) is 6.10 Å². The summed E-state index contributed by atoms with van der Waals surface area (Å²) in [6.45, 7) is 14.3. The van der Waals surface area contributed by atoms with E-state index in [2.05, 4.69) is 27.0 Å². The van der Waals surface area contributed by atoms with E-state index in [1.54, 1.807) is 0 Å². The Morgan fingerprint density at radius 2 is 2.08 bits per heavy atom. The topological polar surface area (TPSA) is 63.6 Å². The molecule has 0 aliphatic heterocycles. The minimum Gasteiger partial charge on any atom is -0.478 e. The van der Waals surface area contributed by atoms with Crippen molar-refractivity contribution in [3.05, 3.63) is 24.3 Å². The SMILES string of the molecule is C=C(C(=O)O)[C@@H]1C[C@H](OC(=O)C[C@H](C)CC)[C@]2(C)CCCC(=C)[C@H]2C1. The number of carbonyl (C=O) groups is 2. The molecule has 0 amide bonds. The van der Waals surface area contributed by atoms with Crippen molar-refractivity contribution >= 4 is 11.9 Å². The molecule has 140 valence electrons. The molecule has 2 rings (SSSR count). The van der Waals surface area contributed by atoms with Gasteiger partial charge in [0.15, 0.2) is 0 Å². The Morgan fingerprint density at radius 1 is 1.40 bits per heavy atom. The quantitative estimate of drug-likeness (QED) is 0.427. The Morgan fingerprint density at radius 3 is 2.68 bits per heavy atom. The highest BCUT2D eigenvalue weighted by Gasteiger charge is 2.51. The Labute approximate surface area is 151 Å². The standard InChI is InChI=1S/C21H32O4/c1-6-13(2)10-19(22)25-18-12-16(15(4)20(23)24)11-17-14(3)8-7-9-21(17,18)5/h13,16-18H,3-4,6-12H2,1-2,5H3,(H,23,24)/t13-,16+,17-,18+,21-/m1/s1. The molecule has 0 saturated heterocycles. The van der Waals surface area contributed by atoms with Gasteiger partial charge in [-0.1, -0.05) is 45.9 Å². The highest BCUT2D eigenvalue weighted by atomic mass is 16.5. The molecule has 0 radical (unpaired) electrons. The number of esters is 1. The summed E-state index contributed by atoms with van der Waals surface area (Å²) < 4.78 is 5.93. The van der Waals surface area contributed by atoms with Gasteiger partial charge in [-0.25, -0.2) is 4.79 Å². The maximum atomic E-state index is 12.4. The second-order valence-electron chi connectivity index (χ2n) is 8.26. The van der Waals surface area contributed by atoms with E-state index in [0.29, 0.717) is 18.8 Å². The number of allylic oxidation sites excluding steroid dienone is 1. The molecule has 0 heterocycles. The van der Waals surface area contributed by atoms with Crippen LogP contribution in [0.5, 0.6) is 0 Å². The van der Waals surface area contributed by atoms with Gasteiger partial charge in [0, 0.05) is 17.4 Å².